The maximum absolute atomic E-state index is 5.21. The van der Waals surface area contributed by atoms with Gasteiger partial charge in [0, 0.05) is 39.6 Å². The molecule has 6 heterocycles. The molecule has 0 atom stereocenters. The van der Waals surface area contributed by atoms with Gasteiger partial charge < -0.3 is 4.57 Å². The molecule has 184 valence electrons. The standard InChI is InChI=1S/C33H27N5/c1-32(2)23-13-15-34-19-28(23)38-29-24(32)14-16-35-30(29)33(3,4)25-17-20(18-36-31(25)38)37-26-11-7-5-9-21(26)22-10-6-8-12-27(22)37/h5-19H,1-4H3. The maximum Gasteiger partial charge on any atom is 0.141 e. The van der Waals surface area contributed by atoms with Gasteiger partial charge in [-0.2, -0.15) is 0 Å². The Morgan fingerprint density at radius 1 is 0.658 bits per heavy atom. The van der Waals surface area contributed by atoms with Crippen LogP contribution >= 0.6 is 0 Å². The summed E-state index contributed by atoms with van der Waals surface area (Å²) in [4.78, 5) is 17.0. The molecule has 38 heavy (non-hydrogen) atoms. The molecule has 0 fully saturated rings. The van der Waals surface area contributed by atoms with Crippen LogP contribution in [-0.2, 0) is 10.8 Å². The highest BCUT2D eigenvalue weighted by Gasteiger charge is 2.47. The molecule has 0 aliphatic carbocycles. The van der Waals surface area contributed by atoms with Crippen molar-refractivity contribution in [3.8, 4) is 5.69 Å². The molecule has 0 saturated carbocycles. The molecule has 5 nitrogen and oxygen atoms in total. The van der Waals surface area contributed by atoms with Gasteiger partial charge in [-0.25, -0.2) is 4.98 Å². The molecular weight excluding hydrogens is 466 g/mol. The van der Waals surface area contributed by atoms with Crippen LogP contribution in [0.2, 0.25) is 0 Å². The SMILES string of the molecule is CC1(C)c2ccncc2N2c3ncc(-n4c5ccccc5c5ccccc54)cc3C(C)(C)c3nccc1c32. The lowest BCUT2D eigenvalue weighted by Gasteiger charge is -2.47. The molecule has 0 N–H and O–H groups in total. The van der Waals surface area contributed by atoms with E-state index >= 15 is 0 Å². The predicted molar refractivity (Wildman–Crippen MR) is 153 cm³/mol. The number of para-hydroxylation sites is 2. The van der Waals surface area contributed by atoms with Gasteiger partial charge in [-0.05, 0) is 55.3 Å². The van der Waals surface area contributed by atoms with E-state index in [0.717, 1.165) is 34.1 Å². The van der Waals surface area contributed by atoms with Gasteiger partial charge in [0.2, 0.25) is 0 Å². The third kappa shape index (κ3) is 2.53. The average molecular weight is 494 g/mol. The largest absolute Gasteiger partial charge is 0.308 e. The number of nitrogens with zero attached hydrogens (tertiary/aromatic N) is 5. The first-order valence-corrected chi connectivity index (χ1v) is 13.1. The number of anilines is 3. The molecule has 6 aromatic rings. The minimum Gasteiger partial charge on any atom is -0.308 e. The van der Waals surface area contributed by atoms with E-state index in [2.05, 4.69) is 109 Å². The summed E-state index contributed by atoms with van der Waals surface area (Å²) < 4.78 is 2.34. The first-order valence-electron chi connectivity index (χ1n) is 13.1. The molecule has 0 spiro atoms. The third-order valence-corrected chi connectivity index (χ3v) is 8.70. The summed E-state index contributed by atoms with van der Waals surface area (Å²) in [6.07, 6.45) is 7.85. The number of hydrogen-bond donors (Lipinski definition) is 0. The Morgan fingerprint density at radius 3 is 2.08 bits per heavy atom. The number of fused-ring (bicyclic) bond motifs is 7. The van der Waals surface area contributed by atoms with E-state index in [1.807, 2.05) is 24.8 Å². The molecule has 8 rings (SSSR count). The van der Waals surface area contributed by atoms with Crippen molar-refractivity contribution >= 4 is 39.0 Å². The van der Waals surface area contributed by atoms with E-state index in [-0.39, 0.29) is 10.8 Å². The van der Waals surface area contributed by atoms with Crippen molar-refractivity contribution in [3.63, 3.8) is 0 Å². The van der Waals surface area contributed by atoms with Crippen LogP contribution in [0.1, 0.15) is 50.1 Å². The molecule has 0 bridgehead atoms. The van der Waals surface area contributed by atoms with Crippen molar-refractivity contribution in [3.05, 3.63) is 114 Å². The van der Waals surface area contributed by atoms with E-state index in [1.54, 1.807) is 0 Å². The fourth-order valence-electron chi connectivity index (χ4n) is 6.76. The number of rotatable bonds is 1. The second-order valence-electron chi connectivity index (χ2n) is 11.5. The summed E-state index contributed by atoms with van der Waals surface area (Å²) in [5.41, 5.74) is 9.88. The fourth-order valence-corrected chi connectivity index (χ4v) is 6.76. The molecule has 2 aromatic carbocycles. The summed E-state index contributed by atoms with van der Waals surface area (Å²) in [5, 5.41) is 2.49. The van der Waals surface area contributed by atoms with Crippen LogP contribution in [0.25, 0.3) is 27.5 Å². The van der Waals surface area contributed by atoms with Crippen LogP contribution in [0.3, 0.4) is 0 Å². The Labute approximate surface area is 221 Å². The van der Waals surface area contributed by atoms with Crippen LogP contribution in [-0.4, -0.2) is 19.5 Å². The molecular formula is C33H27N5. The van der Waals surface area contributed by atoms with Gasteiger partial charge >= 0.3 is 0 Å². The average Bonchev–Trinajstić information content (AvgIpc) is 3.27. The van der Waals surface area contributed by atoms with Crippen LogP contribution < -0.4 is 4.90 Å². The minimum atomic E-state index is -0.339. The smallest absolute Gasteiger partial charge is 0.141 e. The van der Waals surface area contributed by atoms with Crippen LogP contribution in [0.5, 0.6) is 0 Å². The molecule has 4 aromatic heterocycles. The lowest BCUT2D eigenvalue weighted by molar-refractivity contribution is 0.576. The quantitative estimate of drug-likeness (QED) is 0.235. The summed E-state index contributed by atoms with van der Waals surface area (Å²) in [6.45, 7) is 9.13. The predicted octanol–water partition coefficient (Wildman–Crippen LogP) is 7.72. The van der Waals surface area contributed by atoms with Gasteiger partial charge in [-0.1, -0.05) is 50.2 Å². The highest BCUT2D eigenvalue weighted by atomic mass is 15.2. The lowest BCUT2D eigenvalue weighted by Crippen LogP contribution is -2.39. The first-order chi connectivity index (χ1) is 18.4. The van der Waals surface area contributed by atoms with E-state index < -0.39 is 0 Å². The minimum absolute atomic E-state index is 0.168. The van der Waals surface area contributed by atoms with Crippen molar-refractivity contribution in [2.24, 2.45) is 0 Å². The Morgan fingerprint density at radius 2 is 1.34 bits per heavy atom. The van der Waals surface area contributed by atoms with Gasteiger partial charge in [0.25, 0.3) is 0 Å². The highest BCUT2D eigenvalue weighted by Crippen LogP contribution is 2.58. The Hall–Kier alpha value is -4.51. The third-order valence-electron chi connectivity index (χ3n) is 8.70. The Balaban J connectivity index is 1.44. The highest BCUT2D eigenvalue weighted by molar-refractivity contribution is 6.09. The molecule has 0 radical (unpaired) electrons. The van der Waals surface area contributed by atoms with Crippen molar-refractivity contribution in [2.45, 2.75) is 38.5 Å². The Bertz CT molecular complexity index is 1890. The normalized spacial score (nSPS) is 16.3. The zero-order chi connectivity index (χ0) is 25.8. The Kier molecular flexibility index (Phi) is 4.01. The first kappa shape index (κ1) is 21.6. The van der Waals surface area contributed by atoms with Gasteiger partial charge in [0.1, 0.15) is 5.82 Å². The van der Waals surface area contributed by atoms with E-state index in [9.17, 15) is 0 Å². The fraction of sp³-hybridized carbons (Fsp3) is 0.182. The maximum atomic E-state index is 5.21. The van der Waals surface area contributed by atoms with Crippen LogP contribution in [0, 0.1) is 0 Å². The van der Waals surface area contributed by atoms with Crippen molar-refractivity contribution in [1.29, 1.82) is 0 Å². The zero-order valence-corrected chi connectivity index (χ0v) is 21.9. The molecule has 5 heteroatoms. The summed E-state index contributed by atoms with van der Waals surface area (Å²) in [6, 6.07) is 23.8. The van der Waals surface area contributed by atoms with Gasteiger partial charge in [-0.3, -0.25) is 14.9 Å². The van der Waals surface area contributed by atoms with Crippen LogP contribution in [0.4, 0.5) is 17.2 Å². The van der Waals surface area contributed by atoms with Crippen molar-refractivity contribution in [1.82, 2.24) is 19.5 Å². The summed E-state index contributed by atoms with van der Waals surface area (Å²) in [5.74, 6) is 0.950. The van der Waals surface area contributed by atoms with Crippen LogP contribution in [0.15, 0.2) is 91.5 Å². The van der Waals surface area contributed by atoms with Crippen molar-refractivity contribution < 1.29 is 0 Å². The van der Waals surface area contributed by atoms with E-state index in [4.69, 9.17) is 9.97 Å². The number of hydrogen-bond acceptors (Lipinski definition) is 4. The second kappa shape index (κ2) is 7.07. The second-order valence-corrected chi connectivity index (χ2v) is 11.5. The molecule has 2 aliphatic rings. The zero-order valence-electron chi connectivity index (χ0n) is 21.9. The van der Waals surface area contributed by atoms with Gasteiger partial charge in [0.15, 0.2) is 0 Å². The number of aromatic nitrogens is 4. The van der Waals surface area contributed by atoms with Gasteiger partial charge in [0.05, 0.1) is 46.2 Å². The number of benzene rings is 2. The molecule has 0 unspecified atom stereocenters. The summed E-state index contributed by atoms with van der Waals surface area (Å²) >= 11 is 0. The number of pyridine rings is 3. The monoisotopic (exact) mass is 493 g/mol. The summed E-state index contributed by atoms with van der Waals surface area (Å²) in [7, 11) is 0. The molecule has 0 amide bonds. The van der Waals surface area contributed by atoms with E-state index in [1.165, 1.54) is 32.9 Å². The topological polar surface area (TPSA) is 46.8 Å². The lowest BCUT2D eigenvalue weighted by atomic mass is 9.69. The molecule has 0 saturated heterocycles. The van der Waals surface area contributed by atoms with Crippen molar-refractivity contribution in [2.75, 3.05) is 4.90 Å². The van der Waals surface area contributed by atoms with E-state index in [0.29, 0.717) is 0 Å². The molecule has 2 aliphatic heterocycles. The van der Waals surface area contributed by atoms with Gasteiger partial charge in [-0.15, -0.1) is 0 Å².